The first-order valence-corrected chi connectivity index (χ1v) is 5.96. The molecule has 0 aliphatic carbocycles. The lowest BCUT2D eigenvalue weighted by atomic mass is 10.2. The lowest BCUT2D eigenvalue weighted by molar-refractivity contribution is -0.708. The minimum atomic E-state index is 1.03. The normalized spacial score (nSPS) is 10.2. The maximum Gasteiger partial charge on any atom is 0.240 e. The minimum absolute atomic E-state index is 1.03. The first-order chi connectivity index (χ1) is 7.36. The van der Waals surface area contributed by atoms with Gasteiger partial charge in [0.2, 0.25) is 5.03 Å². The molecule has 0 unspecified atom stereocenters. The van der Waals surface area contributed by atoms with Crippen molar-refractivity contribution >= 4 is 11.8 Å². The van der Waals surface area contributed by atoms with E-state index in [1.54, 1.807) is 0 Å². The number of hydrogen-bond donors (Lipinski definition) is 0. The van der Waals surface area contributed by atoms with Crippen molar-refractivity contribution in [1.29, 1.82) is 0 Å². The number of aryl methyl sites for hydroxylation is 1. The van der Waals surface area contributed by atoms with Crippen LogP contribution in [0.2, 0.25) is 0 Å². The van der Waals surface area contributed by atoms with Crippen LogP contribution in [0.3, 0.4) is 0 Å². The molecule has 76 valence electrons. The smallest absolute Gasteiger partial charge is 0.196 e. The van der Waals surface area contributed by atoms with Gasteiger partial charge >= 0.3 is 0 Å². The third-order valence-corrected chi connectivity index (χ3v) is 3.43. The molecule has 0 N–H and O–H groups in total. The second kappa shape index (κ2) is 4.99. The van der Waals surface area contributed by atoms with Crippen LogP contribution < -0.4 is 4.57 Å². The molecule has 1 nitrogen and oxygen atoms in total. The number of hydrogen-bond acceptors (Lipinski definition) is 1. The summed E-state index contributed by atoms with van der Waals surface area (Å²) in [6.07, 6.45) is 2.08. The highest BCUT2D eigenvalue weighted by Crippen LogP contribution is 2.18. The molecule has 0 amide bonds. The molecule has 0 aliphatic rings. The van der Waals surface area contributed by atoms with E-state index in [9.17, 15) is 0 Å². The van der Waals surface area contributed by atoms with E-state index in [1.807, 2.05) is 17.8 Å². The van der Waals surface area contributed by atoms with Crippen LogP contribution in [0.4, 0.5) is 0 Å². The fourth-order valence-electron chi connectivity index (χ4n) is 1.39. The molecular weight excluding hydrogens is 202 g/mol. The van der Waals surface area contributed by atoms with Crippen molar-refractivity contribution in [2.45, 2.75) is 10.8 Å². The summed E-state index contributed by atoms with van der Waals surface area (Å²) in [6.45, 7) is 0. The summed E-state index contributed by atoms with van der Waals surface area (Å²) in [5, 5.41) is 1.29. The zero-order valence-corrected chi connectivity index (χ0v) is 9.58. The Bertz CT molecular complexity index is 426. The van der Waals surface area contributed by atoms with Gasteiger partial charge in [-0.25, -0.2) is 0 Å². The van der Waals surface area contributed by atoms with E-state index in [1.165, 1.54) is 10.6 Å². The van der Waals surface area contributed by atoms with Gasteiger partial charge in [0.25, 0.3) is 0 Å². The number of aromatic nitrogens is 1. The van der Waals surface area contributed by atoms with Gasteiger partial charge in [0, 0.05) is 17.9 Å². The van der Waals surface area contributed by atoms with Gasteiger partial charge < -0.3 is 0 Å². The zero-order chi connectivity index (χ0) is 10.5. The van der Waals surface area contributed by atoms with E-state index >= 15 is 0 Å². The number of nitrogens with zero attached hydrogens (tertiary/aromatic N) is 1. The van der Waals surface area contributed by atoms with E-state index in [-0.39, 0.29) is 0 Å². The van der Waals surface area contributed by atoms with Crippen LogP contribution in [0.1, 0.15) is 5.56 Å². The molecule has 0 atom stereocenters. The molecule has 1 aromatic heterocycles. The zero-order valence-electron chi connectivity index (χ0n) is 8.76. The molecule has 2 rings (SSSR count). The van der Waals surface area contributed by atoms with Gasteiger partial charge in [-0.05, 0) is 11.6 Å². The lowest BCUT2D eigenvalue weighted by Crippen LogP contribution is -2.29. The van der Waals surface area contributed by atoms with Crippen LogP contribution >= 0.6 is 11.8 Å². The molecule has 1 heterocycles. The van der Waals surface area contributed by atoms with Crippen LogP contribution in [-0.4, -0.2) is 0 Å². The van der Waals surface area contributed by atoms with Crippen molar-refractivity contribution in [3.05, 3.63) is 60.3 Å². The Balaban J connectivity index is 2.03. The van der Waals surface area contributed by atoms with Crippen molar-refractivity contribution in [3.8, 4) is 0 Å². The van der Waals surface area contributed by atoms with Crippen molar-refractivity contribution in [2.75, 3.05) is 0 Å². The Morgan fingerprint density at radius 3 is 2.47 bits per heavy atom. The second-order valence-electron chi connectivity index (χ2n) is 3.42. The Morgan fingerprint density at radius 2 is 1.73 bits per heavy atom. The van der Waals surface area contributed by atoms with Crippen LogP contribution in [0.15, 0.2) is 59.8 Å². The van der Waals surface area contributed by atoms with Gasteiger partial charge in [-0.1, -0.05) is 42.1 Å². The Hall–Kier alpha value is -1.28. The van der Waals surface area contributed by atoms with E-state index in [0.717, 1.165) is 5.75 Å². The molecule has 15 heavy (non-hydrogen) atoms. The predicted molar refractivity (Wildman–Crippen MR) is 63.6 cm³/mol. The van der Waals surface area contributed by atoms with Crippen molar-refractivity contribution in [2.24, 2.45) is 7.05 Å². The molecular formula is C13H14NS+. The van der Waals surface area contributed by atoms with E-state index < -0.39 is 0 Å². The maximum absolute atomic E-state index is 2.16. The Kier molecular flexibility index (Phi) is 3.41. The summed E-state index contributed by atoms with van der Waals surface area (Å²) in [6, 6.07) is 16.8. The first-order valence-electron chi connectivity index (χ1n) is 4.97. The van der Waals surface area contributed by atoms with Crippen LogP contribution in [0.25, 0.3) is 0 Å². The average Bonchev–Trinajstić information content (AvgIpc) is 2.29. The molecule has 0 aliphatic heterocycles. The first kappa shape index (κ1) is 10.2. The maximum atomic E-state index is 2.16. The quantitative estimate of drug-likeness (QED) is 0.563. The number of rotatable bonds is 3. The molecule has 0 saturated carbocycles. The summed E-state index contributed by atoms with van der Waals surface area (Å²) >= 11 is 1.86. The van der Waals surface area contributed by atoms with Crippen molar-refractivity contribution < 1.29 is 4.57 Å². The average molecular weight is 216 g/mol. The highest BCUT2D eigenvalue weighted by molar-refractivity contribution is 7.98. The molecule has 0 saturated heterocycles. The number of pyridine rings is 1. The highest BCUT2D eigenvalue weighted by atomic mass is 32.2. The van der Waals surface area contributed by atoms with Crippen molar-refractivity contribution in [1.82, 2.24) is 0 Å². The molecule has 0 radical (unpaired) electrons. The molecule has 0 bridgehead atoms. The van der Waals surface area contributed by atoms with Gasteiger partial charge in [0.1, 0.15) is 7.05 Å². The van der Waals surface area contributed by atoms with Gasteiger partial charge in [0.15, 0.2) is 6.20 Å². The summed E-state index contributed by atoms with van der Waals surface area (Å²) in [4.78, 5) is 0. The SMILES string of the molecule is C[n+]1ccccc1SCc1ccccc1. The van der Waals surface area contributed by atoms with E-state index in [0.29, 0.717) is 0 Å². The fourth-order valence-corrected chi connectivity index (χ4v) is 2.34. The second-order valence-corrected chi connectivity index (χ2v) is 4.42. The highest BCUT2D eigenvalue weighted by Gasteiger charge is 2.04. The topological polar surface area (TPSA) is 3.88 Å². The van der Waals surface area contributed by atoms with Crippen molar-refractivity contribution in [3.63, 3.8) is 0 Å². The molecule has 0 spiro atoms. The third-order valence-electron chi connectivity index (χ3n) is 2.24. The van der Waals surface area contributed by atoms with Gasteiger partial charge in [0.05, 0.1) is 0 Å². The van der Waals surface area contributed by atoms with E-state index in [4.69, 9.17) is 0 Å². The van der Waals surface area contributed by atoms with Gasteiger partial charge in [-0.15, -0.1) is 0 Å². The third kappa shape index (κ3) is 2.83. The Labute approximate surface area is 94.8 Å². The Morgan fingerprint density at radius 1 is 1.00 bits per heavy atom. The van der Waals surface area contributed by atoms with Gasteiger partial charge in [-0.2, -0.15) is 4.57 Å². The fraction of sp³-hybridized carbons (Fsp3) is 0.154. The summed E-state index contributed by atoms with van der Waals surface area (Å²) < 4.78 is 2.15. The number of benzene rings is 1. The summed E-state index contributed by atoms with van der Waals surface area (Å²) in [7, 11) is 2.08. The minimum Gasteiger partial charge on any atom is -0.196 e. The number of thioether (sulfide) groups is 1. The van der Waals surface area contributed by atoms with Crippen LogP contribution in [-0.2, 0) is 12.8 Å². The molecule has 2 aromatic rings. The van der Waals surface area contributed by atoms with Crippen LogP contribution in [0, 0.1) is 0 Å². The monoisotopic (exact) mass is 216 g/mol. The molecule has 1 aromatic carbocycles. The standard InChI is InChI=1S/C13H14NS/c1-14-10-6-5-9-13(14)15-11-12-7-3-2-4-8-12/h2-10H,11H2,1H3/q+1. The predicted octanol–water partition coefficient (Wildman–Crippen LogP) is 2.80. The van der Waals surface area contributed by atoms with Gasteiger partial charge in [-0.3, -0.25) is 0 Å². The van der Waals surface area contributed by atoms with Crippen LogP contribution in [0.5, 0.6) is 0 Å². The molecule has 0 fully saturated rings. The summed E-state index contributed by atoms with van der Waals surface area (Å²) in [5.41, 5.74) is 1.37. The lowest BCUT2D eigenvalue weighted by Gasteiger charge is -1.99. The largest absolute Gasteiger partial charge is 0.240 e. The molecule has 2 heteroatoms. The summed E-state index contributed by atoms with van der Waals surface area (Å²) in [5.74, 6) is 1.03. The van der Waals surface area contributed by atoms with E-state index in [2.05, 4.69) is 60.3 Å².